The largest absolute Gasteiger partial charge is 0.455 e. The lowest BCUT2D eigenvalue weighted by Crippen LogP contribution is -2.46. The van der Waals surface area contributed by atoms with Crippen LogP contribution in [0.1, 0.15) is 77.9 Å². The molecule has 9 nitrogen and oxygen atoms in total. The van der Waals surface area contributed by atoms with Crippen LogP contribution in [0.3, 0.4) is 0 Å². The number of hydrogen-bond donors (Lipinski definition) is 3. The van der Waals surface area contributed by atoms with Crippen molar-refractivity contribution >= 4 is 29.2 Å². The summed E-state index contributed by atoms with van der Waals surface area (Å²) >= 11 is 1.45. The van der Waals surface area contributed by atoms with E-state index in [1.54, 1.807) is 27.9 Å². The van der Waals surface area contributed by atoms with E-state index in [1.165, 1.54) is 11.3 Å². The molecule has 4 N–H and O–H groups in total. The van der Waals surface area contributed by atoms with Gasteiger partial charge in [0.2, 0.25) is 0 Å². The van der Waals surface area contributed by atoms with E-state index in [2.05, 4.69) is 4.98 Å². The van der Waals surface area contributed by atoms with Crippen LogP contribution < -0.4 is 5.73 Å². The number of aliphatic hydroxyl groups excluding tert-OH is 2. The SMILES string of the molecule is COC1C(C(C)=Cc2csc(CN)n2)OC(=O)CC(O)C(C)(C)C(=O)C(C)C(O)C(C)CCCC2(C)OC12. The molecule has 8 unspecified atom stereocenters. The fourth-order valence-corrected chi connectivity index (χ4v) is 6.08. The summed E-state index contributed by atoms with van der Waals surface area (Å²) in [6.07, 6.45) is -0.136. The highest BCUT2D eigenvalue weighted by molar-refractivity contribution is 7.09. The Morgan fingerprint density at radius 3 is 2.58 bits per heavy atom. The Morgan fingerprint density at radius 1 is 1.29 bits per heavy atom. The number of nitrogens with zero attached hydrogens (tertiary/aromatic N) is 1. The summed E-state index contributed by atoms with van der Waals surface area (Å²) in [5.74, 6) is -1.75. The van der Waals surface area contributed by atoms with Crippen molar-refractivity contribution in [1.29, 1.82) is 0 Å². The molecular weight excluding hydrogens is 508 g/mol. The maximum atomic E-state index is 13.3. The number of esters is 1. The molecule has 0 aliphatic carbocycles. The molecular formula is C28H44N2O7S. The molecule has 0 spiro atoms. The zero-order valence-electron chi connectivity index (χ0n) is 23.6. The number of thiazole rings is 1. The van der Waals surface area contributed by atoms with E-state index in [0.717, 1.165) is 24.3 Å². The van der Waals surface area contributed by atoms with E-state index < -0.39 is 47.3 Å². The Hall–Kier alpha value is -1.69. The quantitative estimate of drug-likeness (QED) is 0.379. The van der Waals surface area contributed by atoms with Gasteiger partial charge in [0.25, 0.3) is 0 Å². The van der Waals surface area contributed by atoms with E-state index >= 15 is 0 Å². The number of cyclic esters (lactones) is 1. The normalized spacial score (nSPS) is 37.4. The summed E-state index contributed by atoms with van der Waals surface area (Å²) < 4.78 is 17.9. The van der Waals surface area contributed by atoms with Crippen molar-refractivity contribution in [2.75, 3.05) is 7.11 Å². The number of epoxide rings is 1. The van der Waals surface area contributed by atoms with Gasteiger partial charge < -0.3 is 30.2 Å². The number of aromatic nitrogens is 1. The fourth-order valence-electron chi connectivity index (χ4n) is 5.44. The molecule has 2 saturated heterocycles. The molecule has 0 saturated carbocycles. The van der Waals surface area contributed by atoms with Gasteiger partial charge in [-0.1, -0.05) is 34.1 Å². The molecule has 0 aromatic carbocycles. The number of Topliss-reactive ketones (excluding diaryl/α,β-unsaturated/α-hetero) is 1. The highest BCUT2D eigenvalue weighted by Gasteiger charge is 2.59. The van der Waals surface area contributed by atoms with E-state index in [-0.39, 0.29) is 24.2 Å². The van der Waals surface area contributed by atoms with Gasteiger partial charge in [0, 0.05) is 25.0 Å². The number of nitrogens with two attached hydrogens (primary N) is 1. The van der Waals surface area contributed by atoms with Crippen LogP contribution in [0.25, 0.3) is 6.08 Å². The van der Waals surface area contributed by atoms with Crippen LogP contribution in [0.5, 0.6) is 0 Å². The van der Waals surface area contributed by atoms with Crippen LogP contribution in [0.4, 0.5) is 0 Å². The van der Waals surface area contributed by atoms with Crippen LogP contribution in [0.2, 0.25) is 0 Å². The Labute approximate surface area is 229 Å². The lowest BCUT2D eigenvalue weighted by atomic mass is 9.73. The first-order valence-corrected chi connectivity index (χ1v) is 14.3. The third-order valence-electron chi connectivity index (χ3n) is 8.31. The second kappa shape index (κ2) is 12.2. The standard InChI is InChI=1S/C28H44N2O7S/c1-15-9-8-10-28(6)26(37-28)24(35-7)23(16(2)11-18-14-38-20(13-29)30-18)36-21(32)12-19(31)27(4,5)25(34)17(3)22(15)33/h11,14-15,17,19,22-24,26,31,33H,8-10,12-13,29H2,1-7H3. The van der Waals surface area contributed by atoms with E-state index in [9.17, 15) is 19.8 Å². The molecule has 10 heteroatoms. The lowest BCUT2D eigenvalue weighted by molar-refractivity contribution is -0.159. The van der Waals surface area contributed by atoms with Gasteiger partial charge in [-0.2, -0.15) is 0 Å². The number of ketones is 1. The Morgan fingerprint density at radius 2 is 1.97 bits per heavy atom. The molecule has 2 aliphatic heterocycles. The predicted octanol–water partition coefficient (Wildman–Crippen LogP) is 3.25. The number of fused-ring (bicyclic) bond motifs is 1. The third-order valence-corrected chi connectivity index (χ3v) is 9.20. The zero-order valence-corrected chi connectivity index (χ0v) is 24.4. The van der Waals surface area contributed by atoms with Gasteiger partial charge in [-0.05, 0) is 44.3 Å². The van der Waals surface area contributed by atoms with Gasteiger partial charge in [0.05, 0.1) is 35.3 Å². The maximum Gasteiger partial charge on any atom is 0.309 e. The summed E-state index contributed by atoms with van der Waals surface area (Å²) in [7, 11) is 1.56. The van der Waals surface area contributed by atoms with Crippen molar-refractivity contribution in [3.8, 4) is 0 Å². The molecule has 1 aromatic rings. The van der Waals surface area contributed by atoms with Crippen molar-refractivity contribution in [2.24, 2.45) is 23.0 Å². The zero-order chi connectivity index (χ0) is 28.4. The molecule has 214 valence electrons. The van der Waals surface area contributed by atoms with Gasteiger partial charge >= 0.3 is 5.97 Å². The number of methoxy groups -OCH3 is 1. The maximum absolute atomic E-state index is 13.3. The van der Waals surface area contributed by atoms with Gasteiger partial charge in [0.15, 0.2) is 6.10 Å². The van der Waals surface area contributed by atoms with E-state index in [4.69, 9.17) is 19.9 Å². The molecule has 2 fully saturated rings. The van der Waals surface area contributed by atoms with Gasteiger partial charge in [-0.15, -0.1) is 11.3 Å². The van der Waals surface area contributed by atoms with Crippen molar-refractivity contribution in [2.45, 2.75) is 110 Å². The van der Waals surface area contributed by atoms with E-state index in [1.807, 2.05) is 32.2 Å². The second-order valence-corrected chi connectivity index (χ2v) is 12.6. The molecule has 2 aliphatic rings. The van der Waals surface area contributed by atoms with Crippen molar-refractivity contribution in [3.63, 3.8) is 0 Å². The number of ether oxygens (including phenoxy) is 3. The van der Waals surface area contributed by atoms with Crippen molar-refractivity contribution in [1.82, 2.24) is 4.98 Å². The van der Waals surface area contributed by atoms with Crippen molar-refractivity contribution < 1.29 is 34.0 Å². The molecule has 3 rings (SSSR count). The minimum Gasteiger partial charge on any atom is -0.455 e. The smallest absolute Gasteiger partial charge is 0.309 e. The predicted molar refractivity (Wildman–Crippen MR) is 145 cm³/mol. The van der Waals surface area contributed by atoms with E-state index in [0.29, 0.717) is 17.8 Å². The highest BCUT2D eigenvalue weighted by Crippen LogP contribution is 2.46. The number of carbonyl (C=O) groups excluding carboxylic acids is 2. The van der Waals surface area contributed by atoms with Crippen LogP contribution in [0.15, 0.2) is 11.0 Å². The summed E-state index contributed by atoms with van der Waals surface area (Å²) in [6, 6.07) is 0. The molecule has 8 atom stereocenters. The highest BCUT2D eigenvalue weighted by atomic mass is 32.1. The third kappa shape index (κ3) is 6.71. The van der Waals surface area contributed by atoms with Crippen molar-refractivity contribution in [3.05, 3.63) is 21.7 Å². The molecule has 1 aromatic heterocycles. The van der Waals surface area contributed by atoms with Crippen LogP contribution >= 0.6 is 11.3 Å². The molecule has 0 amide bonds. The minimum absolute atomic E-state index is 0.117. The number of aliphatic hydroxyl groups is 2. The second-order valence-electron chi connectivity index (χ2n) is 11.7. The molecule has 38 heavy (non-hydrogen) atoms. The number of carbonyl (C=O) groups is 2. The average Bonchev–Trinajstić information content (AvgIpc) is 3.30. The summed E-state index contributed by atoms with van der Waals surface area (Å²) in [4.78, 5) is 31.0. The first-order chi connectivity index (χ1) is 17.7. The number of hydrogen-bond acceptors (Lipinski definition) is 10. The summed E-state index contributed by atoms with van der Waals surface area (Å²) in [5.41, 5.74) is 5.41. The van der Waals surface area contributed by atoms with Gasteiger partial charge in [-0.25, -0.2) is 4.98 Å². The Kier molecular flexibility index (Phi) is 9.92. The Bertz CT molecular complexity index is 1020. The fraction of sp³-hybridized carbons (Fsp3) is 0.750. The van der Waals surface area contributed by atoms with Crippen LogP contribution in [0, 0.1) is 17.3 Å². The minimum atomic E-state index is -1.29. The molecule has 3 heterocycles. The lowest BCUT2D eigenvalue weighted by Gasteiger charge is -2.35. The number of rotatable bonds is 4. The summed E-state index contributed by atoms with van der Waals surface area (Å²) in [6.45, 7) is 11.0. The first kappa shape index (κ1) is 30.8. The first-order valence-electron chi connectivity index (χ1n) is 13.4. The molecule has 0 radical (unpaired) electrons. The monoisotopic (exact) mass is 552 g/mol. The van der Waals surface area contributed by atoms with Crippen LogP contribution in [-0.2, 0) is 30.3 Å². The topological polar surface area (TPSA) is 144 Å². The average molecular weight is 553 g/mol. The summed E-state index contributed by atoms with van der Waals surface area (Å²) in [5, 5.41) is 24.5. The van der Waals surface area contributed by atoms with Gasteiger partial charge in [-0.3, -0.25) is 9.59 Å². The van der Waals surface area contributed by atoms with Crippen LogP contribution in [-0.4, -0.2) is 70.2 Å². The Balaban J connectivity index is 1.95. The van der Waals surface area contributed by atoms with Gasteiger partial charge in [0.1, 0.15) is 23.0 Å². The molecule has 0 bridgehead atoms.